The van der Waals surface area contributed by atoms with Crippen molar-refractivity contribution >= 4 is 23.4 Å². The van der Waals surface area contributed by atoms with E-state index < -0.39 is 0 Å². The van der Waals surface area contributed by atoms with E-state index in [9.17, 15) is 9.59 Å². The zero-order valence-electron chi connectivity index (χ0n) is 12.2. The van der Waals surface area contributed by atoms with E-state index in [0.717, 1.165) is 11.1 Å². The van der Waals surface area contributed by atoms with Crippen LogP contribution < -0.4 is 0 Å². The second-order valence-corrected chi connectivity index (χ2v) is 6.01. The molecule has 1 aromatic heterocycles. The van der Waals surface area contributed by atoms with Gasteiger partial charge in [0.05, 0.1) is 18.7 Å². The number of carbonyl (C=O) groups excluding carboxylic acids is 2. The minimum atomic E-state index is -0.288. The molecule has 0 N–H and O–H groups in total. The van der Waals surface area contributed by atoms with Crippen LogP contribution in [0.3, 0.4) is 0 Å². The lowest BCUT2D eigenvalue weighted by molar-refractivity contribution is -0.140. The lowest BCUT2D eigenvalue weighted by Gasteiger charge is -2.15. The first-order valence-corrected chi connectivity index (χ1v) is 7.47. The van der Waals surface area contributed by atoms with Gasteiger partial charge in [0.15, 0.2) is 0 Å². The van der Waals surface area contributed by atoms with Gasteiger partial charge in [0.2, 0.25) is 11.8 Å². The Labute approximate surface area is 133 Å². The molecule has 1 saturated heterocycles. The van der Waals surface area contributed by atoms with Crippen molar-refractivity contribution in [2.75, 3.05) is 0 Å². The highest BCUT2D eigenvalue weighted by atomic mass is 35.5. The third-order valence-corrected chi connectivity index (χ3v) is 4.08. The number of likely N-dealkylation sites (tertiary alicyclic amines) is 1. The molecule has 2 amide bonds. The molecule has 114 valence electrons. The predicted molar refractivity (Wildman–Crippen MR) is 82.0 cm³/mol. The molecule has 6 heteroatoms. The van der Waals surface area contributed by atoms with Gasteiger partial charge < -0.3 is 0 Å². The normalized spacial score (nSPS) is 18.3. The highest BCUT2D eigenvalue weighted by Crippen LogP contribution is 2.25. The van der Waals surface area contributed by atoms with Crippen LogP contribution in [0.25, 0.3) is 0 Å². The summed E-state index contributed by atoms with van der Waals surface area (Å²) >= 11 is 5.85. The number of carbonyl (C=O) groups is 2. The van der Waals surface area contributed by atoms with Gasteiger partial charge in [-0.05, 0) is 29.7 Å². The molecule has 1 aliphatic heterocycles. The topological polar surface area (TPSA) is 55.2 Å². The first kappa shape index (κ1) is 14.8. The fourth-order valence-corrected chi connectivity index (χ4v) is 2.84. The van der Waals surface area contributed by atoms with Crippen molar-refractivity contribution in [2.45, 2.75) is 19.4 Å². The van der Waals surface area contributed by atoms with Crippen molar-refractivity contribution in [3.8, 4) is 0 Å². The molecule has 1 aliphatic rings. The molecule has 0 aliphatic carbocycles. The standard InChI is InChI=1S/C16H16ClN3O2/c1-19-9-12(8-18-19)6-13-7-15(21)20(16(13)22)10-11-2-4-14(17)5-3-11/h2-5,8-9,13H,6-7,10H2,1H3/t13-/m0/s1. The van der Waals surface area contributed by atoms with E-state index >= 15 is 0 Å². The van der Waals surface area contributed by atoms with Crippen LogP contribution in [0.15, 0.2) is 36.7 Å². The molecule has 3 rings (SSSR count). The van der Waals surface area contributed by atoms with E-state index in [2.05, 4.69) is 5.10 Å². The Morgan fingerprint density at radius 1 is 1.23 bits per heavy atom. The summed E-state index contributed by atoms with van der Waals surface area (Å²) in [6.45, 7) is 0.304. The summed E-state index contributed by atoms with van der Waals surface area (Å²) in [5.74, 6) is -0.512. The number of imide groups is 1. The summed E-state index contributed by atoms with van der Waals surface area (Å²) in [6.07, 6.45) is 4.43. The molecule has 0 unspecified atom stereocenters. The quantitative estimate of drug-likeness (QED) is 0.812. The number of hydrogen-bond acceptors (Lipinski definition) is 3. The van der Waals surface area contributed by atoms with Gasteiger partial charge in [0.25, 0.3) is 0 Å². The summed E-state index contributed by atoms with van der Waals surface area (Å²) in [7, 11) is 1.83. The molecule has 0 bridgehead atoms. The lowest BCUT2D eigenvalue weighted by atomic mass is 10.0. The number of halogens is 1. The Hall–Kier alpha value is -2.14. The van der Waals surface area contributed by atoms with Crippen molar-refractivity contribution < 1.29 is 9.59 Å². The van der Waals surface area contributed by atoms with E-state index in [-0.39, 0.29) is 24.2 Å². The summed E-state index contributed by atoms with van der Waals surface area (Å²) in [6, 6.07) is 7.18. The van der Waals surface area contributed by atoms with Crippen molar-refractivity contribution in [1.82, 2.24) is 14.7 Å². The van der Waals surface area contributed by atoms with E-state index in [1.54, 1.807) is 23.0 Å². The maximum atomic E-state index is 12.5. The van der Waals surface area contributed by atoms with Crippen LogP contribution in [0, 0.1) is 5.92 Å². The lowest BCUT2D eigenvalue weighted by Crippen LogP contribution is -2.30. The Balaban J connectivity index is 1.69. The number of amides is 2. The van der Waals surface area contributed by atoms with E-state index in [1.807, 2.05) is 25.4 Å². The fraction of sp³-hybridized carbons (Fsp3) is 0.312. The van der Waals surface area contributed by atoms with Gasteiger partial charge in [-0.3, -0.25) is 19.2 Å². The maximum absolute atomic E-state index is 12.5. The molecule has 1 aromatic carbocycles. The highest BCUT2D eigenvalue weighted by Gasteiger charge is 2.38. The number of nitrogens with zero attached hydrogens (tertiary/aromatic N) is 3. The largest absolute Gasteiger partial charge is 0.278 e. The van der Waals surface area contributed by atoms with Crippen LogP contribution in [0.1, 0.15) is 17.5 Å². The molecule has 0 saturated carbocycles. The molecule has 1 fully saturated rings. The van der Waals surface area contributed by atoms with Crippen molar-refractivity contribution in [3.63, 3.8) is 0 Å². The smallest absolute Gasteiger partial charge is 0.233 e. The average molecular weight is 318 g/mol. The second kappa shape index (κ2) is 5.93. The molecule has 0 spiro atoms. The molecular weight excluding hydrogens is 302 g/mol. The molecule has 1 atom stereocenters. The van der Waals surface area contributed by atoms with Crippen molar-refractivity contribution in [3.05, 3.63) is 52.8 Å². The third kappa shape index (κ3) is 3.04. The Kier molecular flexibility index (Phi) is 3.98. The Morgan fingerprint density at radius 2 is 1.95 bits per heavy atom. The minimum absolute atomic E-state index is 0.108. The number of hydrogen-bond donors (Lipinski definition) is 0. The predicted octanol–water partition coefficient (Wildman–Crippen LogP) is 2.19. The summed E-state index contributed by atoms with van der Waals surface area (Å²) in [5, 5.41) is 4.73. The highest BCUT2D eigenvalue weighted by molar-refractivity contribution is 6.30. The Bertz CT molecular complexity index is 708. The molecule has 0 radical (unpaired) electrons. The van der Waals surface area contributed by atoms with Gasteiger partial charge in [0, 0.05) is 24.7 Å². The average Bonchev–Trinajstić information content (AvgIpc) is 3.00. The zero-order valence-corrected chi connectivity index (χ0v) is 13.0. The van der Waals surface area contributed by atoms with Crippen LogP contribution in [-0.2, 0) is 29.6 Å². The number of benzene rings is 1. The molecule has 2 heterocycles. The fourth-order valence-electron chi connectivity index (χ4n) is 2.71. The van der Waals surface area contributed by atoms with Gasteiger partial charge in [-0.15, -0.1) is 0 Å². The number of aryl methyl sites for hydroxylation is 1. The summed E-state index contributed by atoms with van der Waals surface area (Å²) in [5.41, 5.74) is 1.87. The van der Waals surface area contributed by atoms with Gasteiger partial charge >= 0.3 is 0 Å². The number of rotatable bonds is 4. The van der Waals surface area contributed by atoms with E-state index in [0.29, 0.717) is 18.0 Å². The summed E-state index contributed by atoms with van der Waals surface area (Å²) in [4.78, 5) is 25.9. The van der Waals surface area contributed by atoms with Crippen molar-refractivity contribution in [2.24, 2.45) is 13.0 Å². The first-order valence-electron chi connectivity index (χ1n) is 7.09. The van der Waals surface area contributed by atoms with Crippen LogP contribution in [0.4, 0.5) is 0 Å². The summed E-state index contributed by atoms with van der Waals surface area (Å²) < 4.78 is 1.70. The van der Waals surface area contributed by atoms with Crippen LogP contribution >= 0.6 is 11.6 Å². The molecule has 22 heavy (non-hydrogen) atoms. The third-order valence-electron chi connectivity index (χ3n) is 3.83. The monoisotopic (exact) mass is 317 g/mol. The van der Waals surface area contributed by atoms with Crippen molar-refractivity contribution in [1.29, 1.82) is 0 Å². The van der Waals surface area contributed by atoms with Gasteiger partial charge in [-0.25, -0.2) is 0 Å². The van der Waals surface area contributed by atoms with Gasteiger partial charge in [0.1, 0.15) is 0 Å². The first-order chi connectivity index (χ1) is 10.5. The minimum Gasteiger partial charge on any atom is -0.278 e. The van der Waals surface area contributed by atoms with E-state index in [4.69, 9.17) is 11.6 Å². The molecular formula is C16H16ClN3O2. The molecule has 2 aromatic rings. The maximum Gasteiger partial charge on any atom is 0.233 e. The number of aromatic nitrogens is 2. The van der Waals surface area contributed by atoms with Crippen LogP contribution in [0.5, 0.6) is 0 Å². The van der Waals surface area contributed by atoms with Crippen LogP contribution in [-0.4, -0.2) is 26.5 Å². The molecule has 5 nitrogen and oxygen atoms in total. The SMILES string of the molecule is Cn1cc(C[C@H]2CC(=O)N(Cc3ccc(Cl)cc3)C2=O)cn1. The van der Waals surface area contributed by atoms with Crippen LogP contribution in [0.2, 0.25) is 5.02 Å². The van der Waals surface area contributed by atoms with Gasteiger partial charge in [-0.2, -0.15) is 5.10 Å². The van der Waals surface area contributed by atoms with Gasteiger partial charge in [-0.1, -0.05) is 23.7 Å². The van der Waals surface area contributed by atoms with E-state index in [1.165, 1.54) is 4.90 Å². The second-order valence-electron chi connectivity index (χ2n) is 5.57. The zero-order chi connectivity index (χ0) is 15.7. The Morgan fingerprint density at radius 3 is 2.59 bits per heavy atom.